The Labute approximate surface area is 155 Å². The van der Waals surface area contributed by atoms with Crippen molar-refractivity contribution >= 4 is 27.5 Å². The third kappa shape index (κ3) is 3.65. The molecule has 4 aromatic rings. The Bertz CT molecular complexity index is 981. The standard InChI is InChI=1S/C20H17N4OS/c1-25-16-6-4-5-14(11-16)9-10-21-20-22-12-15(13-23-20)19-24-17-7-2-3-8-18(17)26-19/h2-8,11-12H,9-10H2,1H3,(H,21,22,23). The molecule has 0 bridgehead atoms. The first-order valence-electron chi connectivity index (χ1n) is 8.29. The van der Waals surface area contributed by atoms with Crippen molar-refractivity contribution in [3.63, 3.8) is 0 Å². The summed E-state index contributed by atoms with van der Waals surface area (Å²) in [5.41, 5.74) is 3.00. The van der Waals surface area contributed by atoms with Crippen molar-refractivity contribution < 1.29 is 4.74 Å². The molecule has 0 aliphatic rings. The second-order valence-corrected chi connectivity index (χ2v) is 6.76. The zero-order valence-corrected chi connectivity index (χ0v) is 15.1. The normalized spacial score (nSPS) is 10.8. The fraction of sp³-hybridized carbons (Fsp3) is 0.150. The molecule has 2 aromatic carbocycles. The van der Waals surface area contributed by atoms with E-state index in [1.807, 2.05) is 36.4 Å². The predicted molar refractivity (Wildman–Crippen MR) is 105 cm³/mol. The minimum absolute atomic E-state index is 0.567. The number of methoxy groups -OCH3 is 1. The Morgan fingerprint density at radius 2 is 2.08 bits per heavy atom. The molecule has 6 heteroatoms. The lowest BCUT2D eigenvalue weighted by Crippen LogP contribution is -2.08. The van der Waals surface area contributed by atoms with E-state index in [0.29, 0.717) is 5.95 Å². The fourth-order valence-electron chi connectivity index (χ4n) is 2.62. The molecule has 2 heterocycles. The van der Waals surface area contributed by atoms with Gasteiger partial charge in [-0.25, -0.2) is 15.0 Å². The molecule has 0 saturated carbocycles. The number of hydrogen-bond donors (Lipinski definition) is 1. The number of fused-ring (bicyclic) bond motifs is 1. The zero-order chi connectivity index (χ0) is 17.8. The zero-order valence-electron chi connectivity index (χ0n) is 14.3. The number of anilines is 1. The maximum Gasteiger partial charge on any atom is 0.223 e. The molecule has 0 spiro atoms. The van der Waals surface area contributed by atoms with E-state index in [4.69, 9.17) is 4.74 Å². The van der Waals surface area contributed by atoms with Gasteiger partial charge in [0.05, 0.1) is 22.9 Å². The van der Waals surface area contributed by atoms with Gasteiger partial charge in [0.1, 0.15) is 17.0 Å². The van der Waals surface area contributed by atoms with Crippen LogP contribution in [0.5, 0.6) is 5.75 Å². The molecule has 1 radical (unpaired) electrons. The minimum Gasteiger partial charge on any atom is -0.497 e. The lowest BCUT2D eigenvalue weighted by atomic mass is 10.1. The van der Waals surface area contributed by atoms with E-state index in [1.165, 1.54) is 5.56 Å². The number of ether oxygens (including phenoxy) is 1. The Hall–Kier alpha value is -2.99. The smallest absolute Gasteiger partial charge is 0.223 e. The number of benzene rings is 2. The summed E-state index contributed by atoms with van der Waals surface area (Å²) in [7, 11) is 1.67. The van der Waals surface area contributed by atoms with Gasteiger partial charge in [-0.15, -0.1) is 11.3 Å². The molecular formula is C20H17N4OS. The summed E-state index contributed by atoms with van der Waals surface area (Å²) < 4.78 is 6.39. The van der Waals surface area contributed by atoms with Gasteiger partial charge in [-0.2, -0.15) is 0 Å². The molecular weight excluding hydrogens is 344 g/mol. The van der Waals surface area contributed by atoms with Gasteiger partial charge < -0.3 is 10.1 Å². The van der Waals surface area contributed by atoms with Crippen LogP contribution in [0, 0.1) is 6.20 Å². The third-order valence-corrected chi connectivity index (χ3v) is 5.02. The van der Waals surface area contributed by atoms with Crippen LogP contribution in [0.25, 0.3) is 20.8 Å². The van der Waals surface area contributed by atoms with Gasteiger partial charge in [-0.1, -0.05) is 24.3 Å². The van der Waals surface area contributed by atoms with E-state index in [2.05, 4.69) is 38.6 Å². The van der Waals surface area contributed by atoms with Crippen LogP contribution in [0.3, 0.4) is 0 Å². The van der Waals surface area contributed by atoms with E-state index in [0.717, 1.165) is 39.5 Å². The number of rotatable bonds is 6. The van der Waals surface area contributed by atoms with E-state index < -0.39 is 0 Å². The fourth-order valence-corrected chi connectivity index (χ4v) is 3.54. The van der Waals surface area contributed by atoms with Crippen LogP contribution in [-0.4, -0.2) is 28.6 Å². The summed E-state index contributed by atoms with van der Waals surface area (Å²) in [5, 5.41) is 4.11. The van der Waals surface area contributed by atoms with Crippen molar-refractivity contribution in [2.75, 3.05) is 19.0 Å². The quantitative estimate of drug-likeness (QED) is 0.557. The number of nitrogens with zero attached hydrogens (tertiary/aromatic N) is 3. The van der Waals surface area contributed by atoms with Gasteiger partial charge in [0, 0.05) is 12.7 Å². The molecule has 0 atom stereocenters. The summed E-state index contributed by atoms with van der Waals surface area (Å²) >= 11 is 1.62. The van der Waals surface area contributed by atoms with Gasteiger partial charge in [-0.05, 0) is 36.2 Å². The van der Waals surface area contributed by atoms with E-state index >= 15 is 0 Å². The number of nitrogens with one attached hydrogen (secondary N) is 1. The van der Waals surface area contributed by atoms with Crippen LogP contribution in [0.1, 0.15) is 5.56 Å². The minimum atomic E-state index is 0.567. The maximum atomic E-state index is 5.24. The van der Waals surface area contributed by atoms with Gasteiger partial charge >= 0.3 is 0 Å². The second-order valence-electron chi connectivity index (χ2n) is 5.73. The van der Waals surface area contributed by atoms with Crippen molar-refractivity contribution in [1.29, 1.82) is 0 Å². The van der Waals surface area contributed by atoms with Crippen LogP contribution in [0.4, 0.5) is 5.95 Å². The Morgan fingerprint density at radius 1 is 1.15 bits per heavy atom. The highest BCUT2D eigenvalue weighted by Gasteiger charge is 2.07. The highest BCUT2D eigenvalue weighted by atomic mass is 32.1. The van der Waals surface area contributed by atoms with Crippen molar-refractivity contribution in [2.24, 2.45) is 0 Å². The van der Waals surface area contributed by atoms with Crippen LogP contribution in [-0.2, 0) is 6.42 Å². The number of para-hydroxylation sites is 1. The molecule has 0 fully saturated rings. The van der Waals surface area contributed by atoms with E-state index in [1.54, 1.807) is 24.6 Å². The first-order chi connectivity index (χ1) is 12.8. The number of hydrogen-bond acceptors (Lipinski definition) is 6. The molecule has 0 saturated heterocycles. The van der Waals surface area contributed by atoms with Crippen LogP contribution >= 0.6 is 11.3 Å². The van der Waals surface area contributed by atoms with Crippen LogP contribution in [0.2, 0.25) is 0 Å². The predicted octanol–water partition coefficient (Wildman–Crippen LogP) is 4.22. The Balaban J connectivity index is 1.39. The van der Waals surface area contributed by atoms with Gasteiger partial charge in [0.25, 0.3) is 0 Å². The third-order valence-electron chi connectivity index (χ3n) is 3.95. The van der Waals surface area contributed by atoms with Crippen LogP contribution < -0.4 is 10.1 Å². The molecule has 0 aliphatic carbocycles. The summed E-state index contributed by atoms with van der Waals surface area (Å²) in [6.07, 6.45) is 5.66. The Kier molecular flexibility index (Phi) is 4.75. The van der Waals surface area contributed by atoms with Crippen molar-refractivity contribution in [3.05, 3.63) is 66.5 Å². The van der Waals surface area contributed by atoms with Crippen LogP contribution in [0.15, 0.2) is 54.7 Å². The Morgan fingerprint density at radius 3 is 2.88 bits per heavy atom. The maximum absolute atomic E-state index is 5.24. The summed E-state index contributed by atoms with van der Waals surface area (Å²) in [6.45, 7) is 0.738. The lowest BCUT2D eigenvalue weighted by molar-refractivity contribution is 0.414. The van der Waals surface area contributed by atoms with Crippen molar-refractivity contribution in [1.82, 2.24) is 15.0 Å². The molecule has 0 aliphatic heterocycles. The largest absolute Gasteiger partial charge is 0.497 e. The van der Waals surface area contributed by atoms with E-state index in [9.17, 15) is 0 Å². The summed E-state index contributed by atoms with van der Waals surface area (Å²) in [6, 6.07) is 16.1. The number of thiazole rings is 1. The average molecular weight is 361 g/mol. The molecule has 129 valence electrons. The molecule has 1 N–H and O–H groups in total. The highest BCUT2D eigenvalue weighted by Crippen LogP contribution is 2.29. The molecule has 2 aromatic heterocycles. The first kappa shape index (κ1) is 16.5. The first-order valence-corrected chi connectivity index (χ1v) is 9.11. The highest BCUT2D eigenvalue weighted by molar-refractivity contribution is 7.21. The van der Waals surface area contributed by atoms with Crippen molar-refractivity contribution in [2.45, 2.75) is 6.42 Å². The SMILES string of the molecule is COc1cccc(CCNc2n[c]c(-c3nc4ccccc4s3)cn2)c1. The molecule has 0 amide bonds. The molecule has 26 heavy (non-hydrogen) atoms. The lowest BCUT2D eigenvalue weighted by Gasteiger charge is -2.06. The number of aromatic nitrogens is 3. The summed E-state index contributed by atoms with van der Waals surface area (Å²) in [4.78, 5) is 13.3. The molecule has 4 rings (SSSR count). The van der Waals surface area contributed by atoms with Crippen molar-refractivity contribution in [3.8, 4) is 16.3 Å². The monoisotopic (exact) mass is 361 g/mol. The summed E-state index contributed by atoms with van der Waals surface area (Å²) in [5.74, 6) is 1.44. The van der Waals surface area contributed by atoms with Gasteiger partial charge in [-0.3, -0.25) is 0 Å². The molecule has 0 unspecified atom stereocenters. The second kappa shape index (κ2) is 7.49. The average Bonchev–Trinajstić information content (AvgIpc) is 3.13. The van der Waals surface area contributed by atoms with Gasteiger partial charge in [0.2, 0.25) is 5.95 Å². The van der Waals surface area contributed by atoms with Gasteiger partial charge in [0.15, 0.2) is 0 Å². The topological polar surface area (TPSA) is 59.9 Å². The van der Waals surface area contributed by atoms with E-state index in [-0.39, 0.29) is 0 Å². The molecule has 5 nitrogen and oxygen atoms in total.